The van der Waals surface area contributed by atoms with E-state index in [-0.39, 0.29) is 6.04 Å². The van der Waals surface area contributed by atoms with Crippen molar-refractivity contribution in [1.29, 1.82) is 0 Å². The van der Waals surface area contributed by atoms with Crippen LogP contribution in [0.15, 0.2) is 22.9 Å². The highest BCUT2D eigenvalue weighted by atomic mass is 79.9. The van der Waals surface area contributed by atoms with Gasteiger partial charge in [-0.25, -0.2) is 4.98 Å². The molecule has 0 saturated carbocycles. The molecule has 1 unspecified atom stereocenters. The molecule has 0 bridgehead atoms. The van der Waals surface area contributed by atoms with Gasteiger partial charge in [-0.05, 0) is 37.5 Å². The minimum atomic E-state index is 0.0231. The summed E-state index contributed by atoms with van der Waals surface area (Å²) in [4.78, 5) is 4.31. The zero-order valence-electron chi connectivity index (χ0n) is 12.0. The smallest absolute Gasteiger partial charge is 0.138 e. The molecule has 5 nitrogen and oxygen atoms in total. The number of rotatable bonds is 5. The predicted octanol–water partition coefficient (Wildman–Crippen LogP) is 2.42. The van der Waals surface area contributed by atoms with Crippen molar-refractivity contribution < 1.29 is 0 Å². The van der Waals surface area contributed by atoms with Crippen LogP contribution in [-0.2, 0) is 13.0 Å². The molecule has 2 rings (SSSR count). The molecular formula is C14H20BrN5. The lowest BCUT2D eigenvalue weighted by Crippen LogP contribution is -2.30. The van der Waals surface area contributed by atoms with Crippen LogP contribution in [0, 0.1) is 13.8 Å². The molecule has 3 N–H and O–H groups in total. The van der Waals surface area contributed by atoms with Gasteiger partial charge in [-0.1, -0.05) is 28.1 Å². The Morgan fingerprint density at radius 2 is 2.00 bits per heavy atom. The molecule has 0 saturated heterocycles. The minimum Gasteiger partial charge on any atom is -0.271 e. The van der Waals surface area contributed by atoms with E-state index in [1.807, 2.05) is 4.68 Å². The molecule has 0 spiro atoms. The quantitative estimate of drug-likeness (QED) is 0.649. The van der Waals surface area contributed by atoms with Crippen molar-refractivity contribution in [3.63, 3.8) is 0 Å². The van der Waals surface area contributed by atoms with Crippen LogP contribution in [0.25, 0.3) is 0 Å². The van der Waals surface area contributed by atoms with Crippen LogP contribution in [0.4, 0.5) is 0 Å². The van der Waals surface area contributed by atoms with E-state index in [1.54, 1.807) is 6.33 Å². The van der Waals surface area contributed by atoms with Gasteiger partial charge in [0.2, 0.25) is 0 Å². The average molecular weight is 338 g/mol. The highest BCUT2D eigenvalue weighted by Gasteiger charge is 2.16. The number of nitrogens with two attached hydrogens (primary N) is 1. The third-order valence-corrected chi connectivity index (χ3v) is 4.70. The number of aryl methyl sites for hydroxylation is 3. The summed E-state index contributed by atoms with van der Waals surface area (Å²) in [5, 5.41) is 4.19. The van der Waals surface area contributed by atoms with E-state index in [9.17, 15) is 0 Å². The summed E-state index contributed by atoms with van der Waals surface area (Å²) in [5.74, 6) is 6.67. The Bertz CT molecular complexity index is 570. The highest BCUT2D eigenvalue weighted by molar-refractivity contribution is 9.10. The molecule has 1 aromatic heterocycles. The number of hydrogen-bond donors (Lipinski definition) is 2. The Kier molecular flexibility index (Phi) is 4.91. The molecule has 108 valence electrons. The van der Waals surface area contributed by atoms with Gasteiger partial charge in [-0.3, -0.25) is 16.0 Å². The first-order chi connectivity index (χ1) is 9.56. The van der Waals surface area contributed by atoms with Crippen LogP contribution < -0.4 is 11.3 Å². The summed E-state index contributed by atoms with van der Waals surface area (Å²) in [7, 11) is 0. The van der Waals surface area contributed by atoms with Gasteiger partial charge in [0.1, 0.15) is 12.2 Å². The van der Waals surface area contributed by atoms with E-state index >= 15 is 0 Å². The zero-order valence-corrected chi connectivity index (χ0v) is 13.6. The minimum absolute atomic E-state index is 0.0231. The van der Waals surface area contributed by atoms with Gasteiger partial charge < -0.3 is 0 Å². The van der Waals surface area contributed by atoms with Crippen LogP contribution in [0.1, 0.15) is 35.5 Å². The standard InChI is InChI=1S/C14H20BrN5/c1-4-20-13(17-8-18-20)7-12(19-16)11-5-9(2)14(15)10(3)6-11/h5-6,8,12,19H,4,7,16H2,1-3H3. The first-order valence-corrected chi connectivity index (χ1v) is 7.45. The fraction of sp³-hybridized carbons (Fsp3) is 0.429. The summed E-state index contributed by atoms with van der Waals surface area (Å²) >= 11 is 3.59. The lowest BCUT2D eigenvalue weighted by molar-refractivity contribution is 0.510. The Hall–Kier alpha value is -1.24. The van der Waals surface area contributed by atoms with Crippen LogP contribution >= 0.6 is 15.9 Å². The van der Waals surface area contributed by atoms with E-state index in [2.05, 4.69) is 64.3 Å². The fourth-order valence-electron chi connectivity index (χ4n) is 2.35. The van der Waals surface area contributed by atoms with Gasteiger partial charge in [0.15, 0.2) is 0 Å². The van der Waals surface area contributed by atoms with Gasteiger partial charge in [0.25, 0.3) is 0 Å². The number of hydrazine groups is 1. The molecule has 0 aliphatic heterocycles. The molecule has 0 fully saturated rings. The first kappa shape index (κ1) is 15.2. The van der Waals surface area contributed by atoms with E-state index in [0.29, 0.717) is 6.42 Å². The highest BCUT2D eigenvalue weighted by Crippen LogP contribution is 2.26. The maximum atomic E-state index is 5.73. The van der Waals surface area contributed by atoms with E-state index in [0.717, 1.165) is 22.4 Å². The Balaban J connectivity index is 2.29. The van der Waals surface area contributed by atoms with Gasteiger partial charge in [-0.15, -0.1) is 0 Å². The molecule has 2 aromatic rings. The summed E-state index contributed by atoms with van der Waals surface area (Å²) in [5.41, 5.74) is 6.46. The Morgan fingerprint density at radius 3 is 2.55 bits per heavy atom. The van der Waals surface area contributed by atoms with Gasteiger partial charge in [0.05, 0.1) is 6.04 Å². The third kappa shape index (κ3) is 3.08. The predicted molar refractivity (Wildman–Crippen MR) is 83.1 cm³/mol. The van der Waals surface area contributed by atoms with Crippen LogP contribution in [0.2, 0.25) is 0 Å². The summed E-state index contributed by atoms with van der Waals surface area (Å²) in [6.07, 6.45) is 2.30. The number of hydrogen-bond acceptors (Lipinski definition) is 4. The zero-order chi connectivity index (χ0) is 14.7. The molecule has 1 atom stereocenters. The molecule has 0 aliphatic carbocycles. The first-order valence-electron chi connectivity index (χ1n) is 6.66. The second-order valence-electron chi connectivity index (χ2n) is 4.88. The average Bonchev–Trinajstić information content (AvgIpc) is 2.88. The number of halogens is 1. The molecule has 0 amide bonds. The van der Waals surface area contributed by atoms with Crippen molar-refractivity contribution in [1.82, 2.24) is 20.2 Å². The van der Waals surface area contributed by atoms with Crippen molar-refractivity contribution in [2.24, 2.45) is 5.84 Å². The molecule has 6 heteroatoms. The monoisotopic (exact) mass is 337 g/mol. The van der Waals surface area contributed by atoms with Crippen LogP contribution in [-0.4, -0.2) is 14.8 Å². The van der Waals surface area contributed by atoms with E-state index in [1.165, 1.54) is 11.1 Å². The van der Waals surface area contributed by atoms with Crippen molar-refractivity contribution in [3.05, 3.63) is 45.4 Å². The number of aromatic nitrogens is 3. The summed E-state index contributed by atoms with van der Waals surface area (Å²) in [6, 6.07) is 4.32. The second kappa shape index (κ2) is 6.47. The van der Waals surface area contributed by atoms with Gasteiger partial charge >= 0.3 is 0 Å². The molecular weight excluding hydrogens is 318 g/mol. The number of nitrogens with zero attached hydrogens (tertiary/aromatic N) is 3. The lowest BCUT2D eigenvalue weighted by Gasteiger charge is -2.18. The number of nitrogens with one attached hydrogen (secondary N) is 1. The maximum Gasteiger partial charge on any atom is 0.138 e. The topological polar surface area (TPSA) is 68.8 Å². The molecule has 0 aliphatic rings. The number of benzene rings is 1. The lowest BCUT2D eigenvalue weighted by atomic mass is 9.99. The Morgan fingerprint density at radius 1 is 1.35 bits per heavy atom. The van der Waals surface area contributed by atoms with Crippen molar-refractivity contribution >= 4 is 15.9 Å². The van der Waals surface area contributed by atoms with Crippen molar-refractivity contribution in [2.45, 2.75) is 39.8 Å². The largest absolute Gasteiger partial charge is 0.271 e. The molecule has 0 radical (unpaired) electrons. The van der Waals surface area contributed by atoms with E-state index in [4.69, 9.17) is 5.84 Å². The summed E-state index contributed by atoms with van der Waals surface area (Å²) < 4.78 is 3.04. The van der Waals surface area contributed by atoms with E-state index < -0.39 is 0 Å². The molecule has 20 heavy (non-hydrogen) atoms. The Labute approximate surface area is 127 Å². The van der Waals surface area contributed by atoms with Gasteiger partial charge in [0, 0.05) is 17.4 Å². The fourth-order valence-corrected chi connectivity index (χ4v) is 2.58. The van der Waals surface area contributed by atoms with Crippen molar-refractivity contribution in [3.8, 4) is 0 Å². The maximum absolute atomic E-state index is 5.73. The van der Waals surface area contributed by atoms with Crippen LogP contribution in [0.5, 0.6) is 0 Å². The molecule has 1 aromatic carbocycles. The second-order valence-corrected chi connectivity index (χ2v) is 5.68. The van der Waals surface area contributed by atoms with Crippen LogP contribution in [0.3, 0.4) is 0 Å². The summed E-state index contributed by atoms with van der Waals surface area (Å²) in [6.45, 7) is 7.04. The SMILES string of the molecule is CCn1ncnc1CC(NN)c1cc(C)c(Br)c(C)c1. The normalized spacial score (nSPS) is 12.7. The van der Waals surface area contributed by atoms with Gasteiger partial charge in [-0.2, -0.15) is 5.10 Å². The van der Waals surface area contributed by atoms with Crippen molar-refractivity contribution in [2.75, 3.05) is 0 Å². The molecule has 1 heterocycles. The third-order valence-electron chi connectivity index (χ3n) is 3.44.